The summed E-state index contributed by atoms with van der Waals surface area (Å²) in [5, 5.41) is 7.42. The molecule has 9 heteroatoms. The van der Waals surface area contributed by atoms with Gasteiger partial charge in [-0.2, -0.15) is 8.42 Å². The van der Waals surface area contributed by atoms with Crippen LogP contribution in [0.25, 0.3) is 0 Å². The van der Waals surface area contributed by atoms with Crippen LogP contribution in [0, 0.1) is 0 Å². The Balaban J connectivity index is -0.00000000785. The van der Waals surface area contributed by atoms with Crippen molar-refractivity contribution in [3.63, 3.8) is 0 Å². The van der Waals surface area contributed by atoms with Gasteiger partial charge in [-0.05, 0) is 0 Å². The summed E-state index contributed by atoms with van der Waals surface area (Å²) < 4.78 is 31.6. The van der Waals surface area contributed by atoms with Gasteiger partial charge in [-0.15, -0.1) is 0 Å². The minimum absolute atomic E-state index is 0. The first-order valence-electron chi connectivity index (χ1n) is 1.63. The summed E-state index contributed by atoms with van der Waals surface area (Å²) in [5.41, 5.74) is 0. The van der Waals surface area contributed by atoms with Gasteiger partial charge in [0.1, 0.15) is 0 Å². The Hall–Kier alpha value is 2.48. The van der Waals surface area contributed by atoms with Crippen LogP contribution < -0.4 is 0 Å². The quantitative estimate of drug-likeness (QED) is 0.336. The van der Waals surface area contributed by atoms with Crippen molar-refractivity contribution in [3.8, 4) is 0 Å². The number of carboxylic acids is 1. The zero-order valence-electron chi connectivity index (χ0n) is 9.89. The molecule has 0 atom stereocenters. The minimum Gasteiger partial charge on any atom is -1.00 e. The molecule has 0 amide bonds. The van der Waals surface area contributed by atoms with Crippen molar-refractivity contribution in [1.29, 1.82) is 0 Å². The van der Waals surface area contributed by atoms with Crippen molar-refractivity contribution in [2.75, 3.05) is 0 Å². The van der Waals surface area contributed by atoms with Gasteiger partial charge >= 0.3 is 108 Å². The molecule has 0 fully saturated rings. The standard InChI is InChI=1S/C2H4O2.2Ba.H2O4S.4H/c1-2(3)4;;;1-5(2,3)4;;;;/h1H3,(H,3,4);;;(H2,1,2,3,4);;;;/q;2*+2;;4*-1. The zero-order chi connectivity index (χ0) is 8.08. The third kappa shape index (κ3) is 223. The molecule has 0 radical (unpaired) electrons. The molecule has 6 nitrogen and oxygen atoms in total. The maximum atomic E-state index is 9.00. The molecule has 0 aliphatic heterocycles. The normalized spacial score (nSPS) is 7.55. The van der Waals surface area contributed by atoms with E-state index >= 15 is 0 Å². The van der Waals surface area contributed by atoms with E-state index in [4.69, 9.17) is 27.4 Å². The molecule has 0 aromatic carbocycles. The van der Waals surface area contributed by atoms with Gasteiger partial charge < -0.3 is 10.8 Å². The van der Waals surface area contributed by atoms with Crippen LogP contribution >= 0.6 is 0 Å². The third-order valence-corrected chi connectivity index (χ3v) is 0. The van der Waals surface area contributed by atoms with E-state index in [0.29, 0.717) is 0 Å². The second kappa shape index (κ2) is 12.5. The molecule has 0 spiro atoms. The molecular weight excluding hydrogens is 427 g/mol. The summed E-state index contributed by atoms with van der Waals surface area (Å²) in [7, 11) is -4.67. The molecule has 0 aliphatic rings. The summed E-state index contributed by atoms with van der Waals surface area (Å²) in [4.78, 5) is 9.00. The van der Waals surface area contributed by atoms with Crippen LogP contribution in [0.15, 0.2) is 0 Å². The molecule has 0 aliphatic carbocycles. The van der Waals surface area contributed by atoms with E-state index in [1.165, 1.54) is 0 Å². The van der Waals surface area contributed by atoms with Crippen molar-refractivity contribution in [3.05, 3.63) is 0 Å². The fourth-order valence-electron chi connectivity index (χ4n) is 0. The Morgan fingerprint density at radius 2 is 1.27 bits per heavy atom. The van der Waals surface area contributed by atoms with Crippen LogP contribution in [0.4, 0.5) is 0 Å². The van der Waals surface area contributed by atoms with Crippen LogP contribution in [-0.4, -0.2) is 126 Å². The minimum atomic E-state index is -4.67. The Morgan fingerprint density at radius 1 is 1.27 bits per heavy atom. The van der Waals surface area contributed by atoms with Gasteiger partial charge in [0.25, 0.3) is 5.97 Å². The van der Waals surface area contributed by atoms with Crippen LogP contribution in [0.5, 0.6) is 0 Å². The second-order valence-corrected chi connectivity index (χ2v) is 1.86. The summed E-state index contributed by atoms with van der Waals surface area (Å²) in [5.74, 6) is -0.833. The van der Waals surface area contributed by atoms with Gasteiger partial charge in [0.2, 0.25) is 0 Å². The van der Waals surface area contributed by atoms with Crippen LogP contribution in [-0.2, 0) is 15.2 Å². The maximum Gasteiger partial charge on any atom is 2.00 e. The van der Waals surface area contributed by atoms with Crippen molar-refractivity contribution in [2.24, 2.45) is 0 Å². The molecule has 11 heavy (non-hydrogen) atoms. The van der Waals surface area contributed by atoms with E-state index < -0.39 is 16.4 Å². The van der Waals surface area contributed by atoms with E-state index in [0.717, 1.165) is 6.92 Å². The number of rotatable bonds is 0. The van der Waals surface area contributed by atoms with E-state index in [1.54, 1.807) is 0 Å². The van der Waals surface area contributed by atoms with E-state index in [1.807, 2.05) is 0 Å². The predicted octanol–water partition coefficient (Wildman–Crippen LogP) is -0.874. The molecule has 0 bridgehead atoms. The van der Waals surface area contributed by atoms with Gasteiger partial charge in [0.15, 0.2) is 0 Å². The number of carbonyl (C=O) groups is 1. The Kier molecular flexibility index (Phi) is 26.5. The average Bonchev–Trinajstić information content (AvgIpc) is 1.19. The molecule has 0 saturated carbocycles. The number of aliphatic carboxylic acids is 1. The molecule has 3 N–H and O–H groups in total. The summed E-state index contributed by atoms with van der Waals surface area (Å²) in [6.07, 6.45) is 0. The van der Waals surface area contributed by atoms with Crippen LogP contribution in [0.2, 0.25) is 0 Å². The zero-order valence-corrected chi connectivity index (χ0v) is 15.6. The van der Waals surface area contributed by atoms with Crippen LogP contribution in [0.1, 0.15) is 12.6 Å². The first-order valence-corrected chi connectivity index (χ1v) is 3.02. The molecule has 0 aromatic heterocycles. The maximum absolute atomic E-state index is 9.00. The monoisotopic (exact) mass is 438 g/mol. The summed E-state index contributed by atoms with van der Waals surface area (Å²) >= 11 is 0. The number of hydrogen-bond donors (Lipinski definition) is 3. The predicted molar refractivity (Wildman–Crippen MR) is 43.4 cm³/mol. The summed E-state index contributed by atoms with van der Waals surface area (Å²) in [6, 6.07) is 0. The molecule has 64 valence electrons. The van der Waals surface area contributed by atoms with Crippen molar-refractivity contribution < 1.29 is 33.1 Å². The van der Waals surface area contributed by atoms with Crippen molar-refractivity contribution >= 4 is 114 Å². The van der Waals surface area contributed by atoms with Gasteiger partial charge in [-0.3, -0.25) is 13.9 Å². The number of hydrogen-bond acceptors (Lipinski definition) is 3. The van der Waals surface area contributed by atoms with Gasteiger partial charge in [0, 0.05) is 6.92 Å². The molecule has 0 heterocycles. The fraction of sp³-hybridized carbons (Fsp3) is 0.500. The molecule has 0 rings (SSSR count). The average molecular weight is 437 g/mol. The van der Waals surface area contributed by atoms with E-state index in [2.05, 4.69) is 0 Å². The second-order valence-electron chi connectivity index (χ2n) is 0.967. The molecule has 0 saturated heterocycles. The molecule has 0 aromatic rings. The number of carboxylic acid groups (broad SMARTS) is 1. The first kappa shape index (κ1) is 23.4. The van der Waals surface area contributed by atoms with E-state index in [-0.39, 0.29) is 103 Å². The third-order valence-electron chi connectivity index (χ3n) is 0. The SMILES string of the molecule is CC(=O)O.O=S(=O)(O)O.[Ba+2].[Ba+2].[H-].[H-].[H-].[H-]. The fourth-order valence-corrected chi connectivity index (χ4v) is 0. The topological polar surface area (TPSA) is 112 Å². The first-order chi connectivity index (χ1) is 3.73. The van der Waals surface area contributed by atoms with Crippen LogP contribution in [0.3, 0.4) is 0 Å². The van der Waals surface area contributed by atoms with Crippen molar-refractivity contribution in [2.45, 2.75) is 6.92 Å². The Morgan fingerprint density at radius 3 is 1.27 bits per heavy atom. The van der Waals surface area contributed by atoms with Gasteiger partial charge in [-0.25, -0.2) is 0 Å². The van der Waals surface area contributed by atoms with Gasteiger partial charge in [-0.1, -0.05) is 0 Å². The Labute approximate surface area is 151 Å². The van der Waals surface area contributed by atoms with Crippen molar-refractivity contribution in [1.82, 2.24) is 0 Å². The molecular formula is C2H10Ba2O6S. The summed E-state index contributed by atoms with van der Waals surface area (Å²) in [6.45, 7) is 1.08. The van der Waals surface area contributed by atoms with E-state index in [9.17, 15) is 0 Å². The largest absolute Gasteiger partial charge is 2.00 e. The smallest absolute Gasteiger partial charge is 1.00 e. The molecule has 0 unspecified atom stereocenters. The van der Waals surface area contributed by atoms with Gasteiger partial charge in [0.05, 0.1) is 0 Å². The Bertz CT molecular complexity index is 174.